The third-order valence-corrected chi connectivity index (χ3v) is 1.43. The van der Waals surface area contributed by atoms with Gasteiger partial charge in [-0.25, -0.2) is 0 Å². The van der Waals surface area contributed by atoms with Crippen LogP contribution in [0, 0.1) is 0 Å². The lowest BCUT2D eigenvalue weighted by atomic mass is 10.0. The molecule has 0 spiro atoms. The summed E-state index contributed by atoms with van der Waals surface area (Å²) in [6.07, 6.45) is 4.02. The monoisotopic (exact) mass is 139 g/mol. The minimum Gasteiger partial charge on any atom is -0.515 e. The number of nitrogens with one attached hydrogen (secondary N) is 1. The van der Waals surface area contributed by atoms with Crippen molar-refractivity contribution in [2.45, 2.75) is 13.0 Å². The predicted molar refractivity (Wildman–Crippen MR) is 37.5 cm³/mol. The Morgan fingerprint density at radius 1 is 1.80 bits per heavy atom. The molecule has 3 nitrogen and oxygen atoms in total. The highest BCUT2D eigenvalue weighted by Gasteiger charge is 2.17. The van der Waals surface area contributed by atoms with E-state index in [0.29, 0.717) is 5.57 Å². The minimum atomic E-state index is -0.219. The molecule has 2 N–H and O–H groups in total. The van der Waals surface area contributed by atoms with Gasteiger partial charge in [0.05, 0.1) is 17.9 Å². The second-order valence-corrected chi connectivity index (χ2v) is 2.17. The zero-order valence-corrected chi connectivity index (χ0v) is 5.66. The van der Waals surface area contributed by atoms with Crippen LogP contribution in [0.2, 0.25) is 0 Å². The minimum absolute atomic E-state index is 0.0787. The number of aliphatic hydroxyl groups excluding tert-OH is 1. The van der Waals surface area contributed by atoms with Crippen molar-refractivity contribution in [3.8, 4) is 0 Å². The van der Waals surface area contributed by atoms with E-state index in [0.717, 1.165) is 6.26 Å². The normalized spacial score (nSPS) is 28.7. The number of carbonyl (C=O) groups excluding carboxylic acids is 1. The highest BCUT2D eigenvalue weighted by atomic mass is 16.2. The Hall–Kier alpha value is -1.25. The molecule has 1 atom stereocenters. The average molecular weight is 139 g/mol. The van der Waals surface area contributed by atoms with Gasteiger partial charge in [-0.15, -0.1) is 0 Å². The largest absolute Gasteiger partial charge is 0.515 e. The average Bonchev–Trinajstić information content (AvgIpc) is 1.95. The van der Waals surface area contributed by atoms with Crippen molar-refractivity contribution in [1.82, 2.24) is 5.32 Å². The van der Waals surface area contributed by atoms with Crippen molar-refractivity contribution in [2.24, 2.45) is 0 Å². The number of rotatable bonds is 0. The first-order valence-electron chi connectivity index (χ1n) is 3.07. The molecule has 0 aromatic rings. The van der Waals surface area contributed by atoms with Crippen molar-refractivity contribution >= 4 is 5.78 Å². The third-order valence-electron chi connectivity index (χ3n) is 1.43. The van der Waals surface area contributed by atoms with E-state index in [2.05, 4.69) is 5.32 Å². The van der Waals surface area contributed by atoms with Crippen LogP contribution in [0.3, 0.4) is 0 Å². The fourth-order valence-corrected chi connectivity index (χ4v) is 0.797. The number of hydrogen-bond acceptors (Lipinski definition) is 3. The Labute approximate surface area is 59.0 Å². The summed E-state index contributed by atoms with van der Waals surface area (Å²) in [4.78, 5) is 11.0. The molecule has 10 heavy (non-hydrogen) atoms. The molecule has 0 saturated heterocycles. The molecule has 1 aliphatic rings. The van der Waals surface area contributed by atoms with Crippen molar-refractivity contribution in [2.75, 3.05) is 0 Å². The van der Waals surface area contributed by atoms with Gasteiger partial charge in [-0.1, -0.05) is 0 Å². The Morgan fingerprint density at radius 3 is 3.00 bits per heavy atom. The molecule has 0 aliphatic carbocycles. The Morgan fingerprint density at radius 2 is 2.50 bits per heavy atom. The maximum absolute atomic E-state index is 11.0. The Kier molecular flexibility index (Phi) is 1.76. The van der Waals surface area contributed by atoms with Gasteiger partial charge in [-0.05, 0) is 19.2 Å². The summed E-state index contributed by atoms with van der Waals surface area (Å²) in [6.45, 7) is 1.75. The van der Waals surface area contributed by atoms with Crippen LogP contribution < -0.4 is 5.32 Å². The molecule has 1 rings (SSSR count). The molecule has 1 aliphatic heterocycles. The summed E-state index contributed by atoms with van der Waals surface area (Å²) in [5, 5.41) is 11.3. The van der Waals surface area contributed by atoms with Crippen LogP contribution in [0.25, 0.3) is 0 Å². The molecule has 0 saturated carbocycles. The Balaban J connectivity index is 2.87. The molecule has 1 unspecified atom stereocenters. The van der Waals surface area contributed by atoms with Crippen LogP contribution in [0.5, 0.6) is 0 Å². The molecule has 1 heterocycles. The van der Waals surface area contributed by atoms with Crippen molar-refractivity contribution in [3.63, 3.8) is 0 Å². The lowest BCUT2D eigenvalue weighted by molar-refractivity contribution is -0.116. The highest BCUT2D eigenvalue weighted by Crippen LogP contribution is 2.05. The van der Waals surface area contributed by atoms with Gasteiger partial charge in [-0.3, -0.25) is 4.79 Å². The Bertz CT molecular complexity index is 206. The maximum atomic E-state index is 11.0. The summed E-state index contributed by atoms with van der Waals surface area (Å²) in [5.74, 6) is -0.0787. The number of Topliss-reactive ketones (excluding diaryl/α,β-unsaturated/α-hetero) is 1. The first-order valence-corrected chi connectivity index (χ1v) is 3.07. The maximum Gasteiger partial charge on any atom is 0.187 e. The summed E-state index contributed by atoms with van der Waals surface area (Å²) in [6, 6.07) is -0.219. The van der Waals surface area contributed by atoms with E-state index in [-0.39, 0.29) is 11.8 Å². The standard InChI is InChI=1S/C7H9NO2/c1-5-7(10)6(4-9)2-3-8-5/h2-5,8-9H,1H3. The third kappa shape index (κ3) is 1.03. The SMILES string of the molecule is CC1NC=CC(=CO)C1=O. The molecule has 0 fully saturated rings. The van der Waals surface area contributed by atoms with E-state index in [4.69, 9.17) is 5.11 Å². The smallest absolute Gasteiger partial charge is 0.187 e. The van der Waals surface area contributed by atoms with Crippen LogP contribution in [0.1, 0.15) is 6.92 Å². The van der Waals surface area contributed by atoms with Crippen LogP contribution in [0.15, 0.2) is 24.1 Å². The topological polar surface area (TPSA) is 49.3 Å². The summed E-state index contributed by atoms with van der Waals surface area (Å²) in [7, 11) is 0. The van der Waals surface area contributed by atoms with E-state index in [1.54, 1.807) is 19.2 Å². The molecule has 0 aromatic carbocycles. The summed E-state index contributed by atoms with van der Waals surface area (Å²) in [5.41, 5.74) is 0.353. The van der Waals surface area contributed by atoms with E-state index >= 15 is 0 Å². The first kappa shape index (κ1) is 6.86. The van der Waals surface area contributed by atoms with Crippen LogP contribution in [0.4, 0.5) is 0 Å². The fourth-order valence-electron chi connectivity index (χ4n) is 0.797. The van der Waals surface area contributed by atoms with Crippen molar-refractivity contribution in [3.05, 3.63) is 24.1 Å². The molecular weight excluding hydrogens is 130 g/mol. The molecule has 0 radical (unpaired) electrons. The number of aliphatic hydroxyl groups is 1. The molecule has 0 amide bonds. The van der Waals surface area contributed by atoms with Crippen molar-refractivity contribution in [1.29, 1.82) is 0 Å². The van der Waals surface area contributed by atoms with Gasteiger partial charge in [0.25, 0.3) is 0 Å². The zero-order chi connectivity index (χ0) is 7.56. The number of ketones is 1. The van der Waals surface area contributed by atoms with E-state index in [1.165, 1.54) is 0 Å². The van der Waals surface area contributed by atoms with Crippen LogP contribution in [-0.4, -0.2) is 16.9 Å². The molecular formula is C7H9NO2. The number of carbonyl (C=O) groups is 1. The van der Waals surface area contributed by atoms with Gasteiger partial charge in [0, 0.05) is 0 Å². The second kappa shape index (κ2) is 2.56. The van der Waals surface area contributed by atoms with Gasteiger partial charge >= 0.3 is 0 Å². The van der Waals surface area contributed by atoms with Gasteiger partial charge in [0.1, 0.15) is 0 Å². The zero-order valence-electron chi connectivity index (χ0n) is 5.66. The molecule has 0 aromatic heterocycles. The van der Waals surface area contributed by atoms with Gasteiger partial charge in [0.15, 0.2) is 5.78 Å². The predicted octanol–water partition coefficient (Wildman–Crippen LogP) is 0.503. The van der Waals surface area contributed by atoms with E-state index < -0.39 is 0 Å². The van der Waals surface area contributed by atoms with E-state index in [9.17, 15) is 4.79 Å². The fraction of sp³-hybridized carbons (Fsp3) is 0.286. The quantitative estimate of drug-likeness (QED) is 0.379. The van der Waals surface area contributed by atoms with Gasteiger partial charge in [-0.2, -0.15) is 0 Å². The molecule has 0 bridgehead atoms. The van der Waals surface area contributed by atoms with Gasteiger partial charge in [0.2, 0.25) is 0 Å². The first-order chi connectivity index (χ1) is 4.75. The van der Waals surface area contributed by atoms with Crippen LogP contribution in [-0.2, 0) is 4.79 Å². The molecule has 3 heteroatoms. The second-order valence-electron chi connectivity index (χ2n) is 2.17. The highest BCUT2D eigenvalue weighted by molar-refractivity contribution is 6.02. The molecule has 54 valence electrons. The number of allylic oxidation sites excluding steroid dienone is 1. The van der Waals surface area contributed by atoms with Crippen LogP contribution >= 0.6 is 0 Å². The summed E-state index contributed by atoms with van der Waals surface area (Å²) < 4.78 is 0. The summed E-state index contributed by atoms with van der Waals surface area (Å²) >= 11 is 0. The number of hydrogen-bond donors (Lipinski definition) is 2. The van der Waals surface area contributed by atoms with Crippen molar-refractivity contribution < 1.29 is 9.90 Å². The lowest BCUT2D eigenvalue weighted by Crippen LogP contribution is -2.33. The van der Waals surface area contributed by atoms with Gasteiger partial charge < -0.3 is 10.4 Å². The lowest BCUT2D eigenvalue weighted by Gasteiger charge is -2.14. The van der Waals surface area contributed by atoms with E-state index in [1.807, 2.05) is 0 Å².